The molecule has 5 heteroatoms. The van der Waals surface area contributed by atoms with Gasteiger partial charge in [0.2, 0.25) is 0 Å². The standard InChI is InChI=1S/C18H24O3S.K/c1-3-5-7-14-9-10-16-11-15(8-6-4-2)13-18(17(16)12-14)22(19,20)21;/h9-13H,3-8H2,1-2H3,(H,19,20,21);/q;+1/p-1. The van der Waals surface area contributed by atoms with Crippen molar-refractivity contribution in [3.8, 4) is 0 Å². The maximum atomic E-state index is 11.6. The van der Waals surface area contributed by atoms with E-state index < -0.39 is 10.1 Å². The molecule has 0 aliphatic heterocycles. The third kappa shape index (κ3) is 5.92. The molecule has 0 aromatic heterocycles. The molecule has 120 valence electrons. The van der Waals surface area contributed by atoms with E-state index in [1.54, 1.807) is 6.07 Å². The fourth-order valence-corrected chi connectivity index (χ4v) is 3.44. The zero-order valence-corrected chi connectivity index (χ0v) is 18.2. The van der Waals surface area contributed by atoms with Gasteiger partial charge in [-0.2, -0.15) is 0 Å². The molecule has 2 aromatic rings. The minimum absolute atomic E-state index is 0. The van der Waals surface area contributed by atoms with Crippen molar-refractivity contribution in [1.82, 2.24) is 0 Å². The van der Waals surface area contributed by atoms with Crippen LogP contribution in [-0.2, 0) is 23.0 Å². The van der Waals surface area contributed by atoms with Crippen LogP contribution in [0, 0.1) is 0 Å². The van der Waals surface area contributed by atoms with Gasteiger partial charge in [0.05, 0.1) is 4.90 Å². The Labute approximate surface area is 182 Å². The van der Waals surface area contributed by atoms with E-state index in [-0.39, 0.29) is 56.3 Å². The molecule has 2 rings (SSSR count). The zero-order chi connectivity index (χ0) is 16.2. The molecule has 0 atom stereocenters. The van der Waals surface area contributed by atoms with E-state index in [1.165, 1.54) is 0 Å². The van der Waals surface area contributed by atoms with Crippen LogP contribution in [0.3, 0.4) is 0 Å². The summed E-state index contributed by atoms with van der Waals surface area (Å²) in [5.74, 6) is 0. The van der Waals surface area contributed by atoms with Crippen molar-refractivity contribution in [2.75, 3.05) is 0 Å². The Morgan fingerprint density at radius 2 is 1.52 bits per heavy atom. The van der Waals surface area contributed by atoms with Gasteiger partial charge in [0, 0.05) is 0 Å². The molecule has 0 fully saturated rings. The first kappa shape index (κ1) is 21.3. The van der Waals surface area contributed by atoms with Gasteiger partial charge in [-0.3, -0.25) is 0 Å². The third-order valence-corrected chi connectivity index (χ3v) is 4.82. The van der Waals surface area contributed by atoms with Gasteiger partial charge in [0.25, 0.3) is 0 Å². The molecule has 0 N–H and O–H groups in total. The monoisotopic (exact) mass is 358 g/mol. The summed E-state index contributed by atoms with van der Waals surface area (Å²) in [5, 5.41) is 1.40. The third-order valence-electron chi connectivity index (χ3n) is 3.95. The topological polar surface area (TPSA) is 57.2 Å². The van der Waals surface area contributed by atoms with Crippen molar-refractivity contribution in [3.05, 3.63) is 41.5 Å². The molecule has 0 heterocycles. The SMILES string of the molecule is CCCCc1cc(S(=O)(=O)[O-])c2cc(CCCC)ccc2c1.[K+]. The van der Waals surface area contributed by atoms with E-state index in [4.69, 9.17) is 0 Å². The van der Waals surface area contributed by atoms with Crippen molar-refractivity contribution in [2.45, 2.75) is 57.3 Å². The summed E-state index contributed by atoms with van der Waals surface area (Å²) < 4.78 is 34.9. The van der Waals surface area contributed by atoms with E-state index in [2.05, 4.69) is 13.8 Å². The summed E-state index contributed by atoms with van der Waals surface area (Å²) in [4.78, 5) is -0.0746. The van der Waals surface area contributed by atoms with Gasteiger partial charge < -0.3 is 4.55 Å². The molecule has 0 saturated heterocycles. The first-order valence-electron chi connectivity index (χ1n) is 7.97. The van der Waals surface area contributed by atoms with Crippen LogP contribution >= 0.6 is 0 Å². The molecule has 0 radical (unpaired) electrons. The fraction of sp³-hybridized carbons (Fsp3) is 0.444. The van der Waals surface area contributed by atoms with Gasteiger partial charge in [0.15, 0.2) is 0 Å². The summed E-state index contributed by atoms with van der Waals surface area (Å²) in [6, 6.07) is 9.39. The molecule has 0 bridgehead atoms. The number of aryl methyl sites for hydroxylation is 2. The van der Waals surface area contributed by atoms with Crippen LogP contribution in [0.2, 0.25) is 0 Å². The van der Waals surface area contributed by atoms with Gasteiger partial charge >= 0.3 is 51.4 Å². The van der Waals surface area contributed by atoms with Gasteiger partial charge in [-0.05, 0) is 59.7 Å². The molecule has 0 amide bonds. The molecule has 0 unspecified atom stereocenters. The molecule has 0 aliphatic carbocycles. The van der Waals surface area contributed by atoms with Gasteiger partial charge in [0.1, 0.15) is 10.1 Å². The number of rotatable bonds is 7. The minimum Gasteiger partial charge on any atom is -0.744 e. The van der Waals surface area contributed by atoms with Crippen molar-refractivity contribution in [1.29, 1.82) is 0 Å². The minimum atomic E-state index is -4.46. The smallest absolute Gasteiger partial charge is 0.744 e. The Bertz CT molecular complexity index is 754. The second kappa shape index (κ2) is 9.66. The van der Waals surface area contributed by atoms with E-state index in [0.29, 0.717) is 5.39 Å². The number of unbranched alkanes of at least 4 members (excludes halogenated alkanes) is 2. The average molecular weight is 359 g/mol. The average Bonchev–Trinajstić information content (AvgIpc) is 2.49. The molecular weight excluding hydrogens is 335 g/mol. The quantitative estimate of drug-likeness (QED) is 0.556. The van der Waals surface area contributed by atoms with Crippen LogP contribution in [0.15, 0.2) is 35.2 Å². The molecule has 0 spiro atoms. The Morgan fingerprint density at radius 1 is 0.913 bits per heavy atom. The number of hydrogen-bond acceptors (Lipinski definition) is 3. The van der Waals surface area contributed by atoms with Crippen LogP contribution < -0.4 is 51.4 Å². The first-order chi connectivity index (χ1) is 10.5. The van der Waals surface area contributed by atoms with E-state index in [9.17, 15) is 13.0 Å². The van der Waals surface area contributed by atoms with Gasteiger partial charge in [-0.25, -0.2) is 8.42 Å². The summed E-state index contributed by atoms with van der Waals surface area (Å²) in [5.41, 5.74) is 2.01. The van der Waals surface area contributed by atoms with E-state index >= 15 is 0 Å². The van der Waals surface area contributed by atoms with Crippen molar-refractivity contribution < 1.29 is 64.4 Å². The maximum absolute atomic E-state index is 11.6. The maximum Gasteiger partial charge on any atom is 1.00 e. The predicted octanol–water partition coefficient (Wildman–Crippen LogP) is 1.43. The Kier molecular flexibility index (Phi) is 8.94. The van der Waals surface area contributed by atoms with Gasteiger partial charge in [-0.15, -0.1) is 0 Å². The number of hydrogen-bond donors (Lipinski definition) is 0. The second-order valence-corrected chi connectivity index (χ2v) is 7.16. The molecule has 2 aromatic carbocycles. The van der Waals surface area contributed by atoms with Crippen LogP contribution in [0.25, 0.3) is 10.8 Å². The largest absolute Gasteiger partial charge is 1.00 e. The molecular formula is C18H23KO3S. The van der Waals surface area contributed by atoms with Crippen molar-refractivity contribution in [3.63, 3.8) is 0 Å². The van der Waals surface area contributed by atoms with Gasteiger partial charge in [-0.1, -0.05) is 44.9 Å². The summed E-state index contributed by atoms with van der Waals surface area (Å²) in [6.07, 6.45) is 5.86. The van der Waals surface area contributed by atoms with Crippen molar-refractivity contribution in [2.24, 2.45) is 0 Å². The summed E-state index contributed by atoms with van der Waals surface area (Å²) >= 11 is 0. The molecule has 23 heavy (non-hydrogen) atoms. The Balaban J connectivity index is 0.00000264. The van der Waals surface area contributed by atoms with Crippen LogP contribution in [-0.4, -0.2) is 13.0 Å². The van der Waals surface area contributed by atoms with E-state index in [1.807, 2.05) is 24.3 Å². The molecule has 3 nitrogen and oxygen atoms in total. The summed E-state index contributed by atoms with van der Waals surface area (Å²) in [7, 11) is -4.46. The first-order valence-corrected chi connectivity index (χ1v) is 9.38. The molecule has 0 aliphatic rings. The van der Waals surface area contributed by atoms with Crippen LogP contribution in [0.5, 0.6) is 0 Å². The molecule has 0 saturated carbocycles. The van der Waals surface area contributed by atoms with Crippen LogP contribution in [0.1, 0.15) is 50.7 Å². The summed E-state index contributed by atoms with van der Waals surface area (Å²) in [6.45, 7) is 4.21. The van der Waals surface area contributed by atoms with Crippen LogP contribution in [0.4, 0.5) is 0 Å². The van der Waals surface area contributed by atoms with Crippen molar-refractivity contribution >= 4 is 20.9 Å². The normalized spacial score (nSPS) is 11.4. The Morgan fingerprint density at radius 3 is 2.09 bits per heavy atom. The van der Waals surface area contributed by atoms with E-state index in [0.717, 1.165) is 55.0 Å². The fourth-order valence-electron chi connectivity index (χ4n) is 2.70. The predicted molar refractivity (Wildman–Crippen MR) is 89.1 cm³/mol. The Hall–Kier alpha value is 0.246. The zero-order valence-electron chi connectivity index (χ0n) is 14.3. The second-order valence-electron chi connectivity index (χ2n) is 5.81. The number of fused-ring (bicyclic) bond motifs is 1. The number of benzene rings is 2.